The van der Waals surface area contributed by atoms with Crippen molar-refractivity contribution in [1.82, 2.24) is 0 Å². The number of hydrogen-bond acceptors (Lipinski definition) is 0. The average Bonchev–Trinajstić information content (AvgIpc) is 2.49. The summed E-state index contributed by atoms with van der Waals surface area (Å²) >= 11 is 0. The normalized spacial score (nSPS) is 10.5. The Labute approximate surface area is 120 Å². The van der Waals surface area contributed by atoms with E-state index in [2.05, 4.69) is 86.6 Å². The highest BCUT2D eigenvalue weighted by atomic mass is 14.1. The van der Waals surface area contributed by atoms with Gasteiger partial charge in [-0.05, 0) is 41.7 Å². The molecule has 98 valence electrons. The number of hydrogen-bond donors (Lipinski definition) is 0. The van der Waals surface area contributed by atoms with E-state index in [9.17, 15) is 0 Å². The van der Waals surface area contributed by atoms with E-state index < -0.39 is 0 Å². The lowest BCUT2D eigenvalue weighted by Gasteiger charge is -2.09. The van der Waals surface area contributed by atoms with E-state index in [1.807, 2.05) is 0 Å². The third-order valence-electron chi connectivity index (χ3n) is 3.70. The maximum atomic E-state index is 2.27. The van der Waals surface area contributed by atoms with Crippen LogP contribution in [0.15, 0.2) is 72.8 Å². The van der Waals surface area contributed by atoms with Crippen molar-refractivity contribution in [2.75, 3.05) is 0 Å². The first-order chi connectivity index (χ1) is 9.74. The second-order valence-electron chi connectivity index (χ2n) is 5.26. The summed E-state index contributed by atoms with van der Waals surface area (Å²) in [5.74, 6) is 0. The van der Waals surface area contributed by atoms with Crippen LogP contribution in [0.25, 0.3) is 22.3 Å². The molecule has 20 heavy (non-hydrogen) atoms. The number of rotatable bonds is 2. The summed E-state index contributed by atoms with van der Waals surface area (Å²) in [5.41, 5.74) is 7.75. The maximum absolute atomic E-state index is 2.27. The summed E-state index contributed by atoms with van der Waals surface area (Å²) in [6.45, 7) is 4.30. The zero-order chi connectivity index (χ0) is 13.9. The van der Waals surface area contributed by atoms with E-state index in [1.54, 1.807) is 0 Å². The Bertz CT molecular complexity index is 707. The van der Waals surface area contributed by atoms with Gasteiger partial charge in [0, 0.05) is 0 Å². The molecule has 0 nitrogen and oxygen atoms in total. The first kappa shape index (κ1) is 12.7. The van der Waals surface area contributed by atoms with E-state index in [0.29, 0.717) is 0 Å². The molecule has 0 spiro atoms. The topological polar surface area (TPSA) is 0 Å². The summed E-state index contributed by atoms with van der Waals surface area (Å²) in [6.07, 6.45) is 0. The van der Waals surface area contributed by atoms with Crippen LogP contribution < -0.4 is 0 Å². The van der Waals surface area contributed by atoms with Crippen LogP contribution in [0.3, 0.4) is 0 Å². The van der Waals surface area contributed by atoms with Gasteiger partial charge in [-0.15, -0.1) is 0 Å². The van der Waals surface area contributed by atoms with Gasteiger partial charge in [-0.1, -0.05) is 78.4 Å². The lowest BCUT2D eigenvalue weighted by atomic mass is 9.95. The summed E-state index contributed by atoms with van der Waals surface area (Å²) in [4.78, 5) is 0. The van der Waals surface area contributed by atoms with Crippen LogP contribution in [-0.4, -0.2) is 0 Å². The van der Waals surface area contributed by atoms with Gasteiger partial charge in [0.2, 0.25) is 0 Å². The fourth-order valence-electron chi connectivity index (χ4n) is 2.53. The molecule has 3 rings (SSSR count). The molecule has 0 amide bonds. The minimum absolute atomic E-state index is 1.27. The van der Waals surface area contributed by atoms with Gasteiger partial charge in [-0.25, -0.2) is 0 Å². The molecule has 0 saturated heterocycles. The third kappa shape index (κ3) is 2.50. The molecule has 0 radical (unpaired) electrons. The molecule has 0 N–H and O–H groups in total. The Morgan fingerprint density at radius 3 is 1.85 bits per heavy atom. The Hall–Kier alpha value is -2.34. The van der Waals surface area contributed by atoms with E-state index in [0.717, 1.165) is 0 Å². The minimum Gasteiger partial charge on any atom is -0.0622 e. The molecule has 0 saturated carbocycles. The lowest BCUT2D eigenvalue weighted by molar-refractivity contribution is 1.43. The Balaban J connectivity index is 2.02. The summed E-state index contributed by atoms with van der Waals surface area (Å²) in [7, 11) is 0. The highest BCUT2D eigenvalue weighted by Crippen LogP contribution is 2.28. The van der Waals surface area contributed by atoms with E-state index in [-0.39, 0.29) is 0 Å². The van der Waals surface area contributed by atoms with Gasteiger partial charge in [-0.3, -0.25) is 0 Å². The van der Waals surface area contributed by atoms with Gasteiger partial charge in [-0.2, -0.15) is 0 Å². The standard InChI is InChI=1S/C20H18/c1-15-8-10-18(11-9-15)20-13-12-19(14-16(20)2)17-6-4-3-5-7-17/h3-14H,1-2H3. The molecular weight excluding hydrogens is 240 g/mol. The van der Waals surface area contributed by atoms with Crippen molar-refractivity contribution in [1.29, 1.82) is 0 Å². The summed E-state index contributed by atoms with van der Waals surface area (Å²) in [5, 5.41) is 0. The molecule has 0 unspecified atom stereocenters. The average molecular weight is 258 g/mol. The van der Waals surface area contributed by atoms with Gasteiger partial charge < -0.3 is 0 Å². The molecule has 0 aromatic heterocycles. The van der Waals surface area contributed by atoms with Crippen molar-refractivity contribution >= 4 is 0 Å². The van der Waals surface area contributed by atoms with Crippen LogP contribution >= 0.6 is 0 Å². The van der Waals surface area contributed by atoms with Gasteiger partial charge in [0.15, 0.2) is 0 Å². The highest BCUT2D eigenvalue weighted by Gasteiger charge is 2.04. The summed E-state index contributed by atoms with van der Waals surface area (Å²) in [6, 6.07) is 25.9. The van der Waals surface area contributed by atoms with E-state index >= 15 is 0 Å². The molecule has 0 aliphatic rings. The Kier molecular flexibility index (Phi) is 3.39. The van der Waals surface area contributed by atoms with Crippen molar-refractivity contribution in [2.45, 2.75) is 13.8 Å². The zero-order valence-electron chi connectivity index (χ0n) is 11.9. The molecule has 0 fully saturated rings. The summed E-state index contributed by atoms with van der Waals surface area (Å²) < 4.78 is 0. The predicted octanol–water partition coefficient (Wildman–Crippen LogP) is 5.64. The number of aryl methyl sites for hydroxylation is 2. The first-order valence-corrected chi connectivity index (χ1v) is 6.97. The molecule has 3 aromatic rings. The smallest absolute Gasteiger partial charge is 0.0154 e. The molecule has 0 aliphatic carbocycles. The molecule has 0 heterocycles. The maximum Gasteiger partial charge on any atom is -0.0154 e. The SMILES string of the molecule is Cc1ccc(-c2ccc(-c3ccccc3)cc2C)cc1. The van der Waals surface area contributed by atoms with Crippen LogP contribution in [0.4, 0.5) is 0 Å². The predicted molar refractivity (Wildman–Crippen MR) is 86.8 cm³/mol. The van der Waals surface area contributed by atoms with Gasteiger partial charge in [0.25, 0.3) is 0 Å². The zero-order valence-corrected chi connectivity index (χ0v) is 11.9. The number of benzene rings is 3. The van der Waals surface area contributed by atoms with Gasteiger partial charge in [0.1, 0.15) is 0 Å². The van der Waals surface area contributed by atoms with Crippen molar-refractivity contribution < 1.29 is 0 Å². The van der Waals surface area contributed by atoms with Gasteiger partial charge >= 0.3 is 0 Å². The van der Waals surface area contributed by atoms with Crippen molar-refractivity contribution in [2.24, 2.45) is 0 Å². The van der Waals surface area contributed by atoms with Crippen molar-refractivity contribution in [3.8, 4) is 22.3 Å². The molecule has 0 bridgehead atoms. The lowest BCUT2D eigenvalue weighted by Crippen LogP contribution is -1.86. The molecule has 0 heteroatoms. The minimum atomic E-state index is 1.27. The molecule has 0 atom stereocenters. The quantitative estimate of drug-likeness (QED) is 0.558. The monoisotopic (exact) mass is 258 g/mol. The Morgan fingerprint density at radius 1 is 0.550 bits per heavy atom. The Morgan fingerprint density at radius 2 is 1.20 bits per heavy atom. The van der Waals surface area contributed by atoms with Crippen LogP contribution in [-0.2, 0) is 0 Å². The van der Waals surface area contributed by atoms with E-state index in [1.165, 1.54) is 33.4 Å². The highest BCUT2D eigenvalue weighted by molar-refractivity contribution is 5.73. The van der Waals surface area contributed by atoms with Crippen LogP contribution in [0.1, 0.15) is 11.1 Å². The fourth-order valence-corrected chi connectivity index (χ4v) is 2.53. The largest absolute Gasteiger partial charge is 0.0622 e. The molecular formula is C20H18. The molecule has 0 aliphatic heterocycles. The van der Waals surface area contributed by atoms with E-state index in [4.69, 9.17) is 0 Å². The van der Waals surface area contributed by atoms with Crippen molar-refractivity contribution in [3.63, 3.8) is 0 Å². The van der Waals surface area contributed by atoms with Gasteiger partial charge in [0.05, 0.1) is 0 Å². The van der Waals surface area contributed by atoms with Crippen LogP contribution in [0.2, 0.25) is 0 Å². The van der Waals surface area contributed by atoms with Crippen LogP contribution in [0.5, 0.6) is 0 Å². The van der Waals surface area contributed by atoms with Crippen LogP contribution in [0, 0.1) is 13.8 Å². The second kappa shape index (κ2) is 5.34. The first-order valence-electron chi connectivity index (χ1n) is 6.97. The third-order valence-corrected chi connectivity index (χ3v) is 3.70. The fraction of sp³-hybridized carbons (Fsp3) is 0.100. The van der Waals surface area contributed by atoms with Crippen molar-refractivity contribution in [3.05, 3.63) is 83.9 Å². The second-order valence-corrected chi connectivity index (χ2v) is 5.26. The molecule has 3 aromatic carbocycles.